The minimum Gasteiger partial charge on any atom is -0.496 e. The van der Waals surface area contributed by atoms with Crippen molar-refractivity contribution >= 4 is 46.9 Å². The maximum absolute atomic E-state index is 13.0. The van der Waals surface area contributed by atoms with E-state index in [0.29, 0.717) is 41.4 Å². The molecule has 2 fully saturated rings. The fourth-order valence-electron chi connectivity index (χ4n) is 4.01. The van der Waals surface area contributed by atoms with Crippen molar-refractivity contribution in [1.82, 2.24) is 10.2 Å². The van der Waals surface area contributed by atoms with Crippen LogP contribution in [-0.4, -0.2) is 54.7 Å². The molecule has 0 spiro atoms. The maximum atomic E-state index is 13.0. The molecule has 2 aliphatic heterocycles. The van der Waals surface area contributed by atoms with Crippen molar-refractivity contribution in [3.05, 3.63) is 53.1 Å². The van der Waals surface area contributed by atoms with E-state index in [1.807, 2.05) is 18.4 Å². The number of carbonyl (C=O) groups is 3. The smallest absolute Gasteiger partial charge is 0.332 e. The Morgan fingerprint density at radius 2 is 1.94 bits per heavy atom. The first-order chi connectivity index (χ1) is 14.9. The molecule has 2 heterocycles. The predicted molar refractivity (Wildman–Crippen MR) is 120 cm³/mol. The summed E-state index contributed by atoms with van der Waals surface area (Å²) >= 11 is 7.49. The lowest BCUT2D eigenvalue weighted by Crippen LogP contribution is -2.49. The van der Waals surface area contributed by atoms with Crippen molar-refractivity contribution in [2.24, 2.45) is 0 Å². The van der Waals surface area contributed by atoms with Gasteiger partial charge in [-0.25, -0.2) is 9.69 Å². The third-order valence-corrected chi connectivity index (χ3v) is 6.60. The number of nitrogens with zero attached hydrogens (tertiary/aromatic N) is 2. The average Bonchev–Trinajstić information content (AvgIpc) is 3.03. The highest BCUT2D eigenvalue weighted by Crippen LogP contribution is 2.32. The lowest BCUT2D eigenvalue weighted by Gasteiger charge is -2.32. The van der Waals surface area contributed by atoms with E-state index in [-0.39, 0.29) is 23.9 Å². The van der Waals surface area contributed by atoms with E-state index in [4.69, 9.17) is 16.3 Å². The highest BCUT2D eigenvalue weighted by molar-refractivity contribution is 7.98. The number of nitrogens with one attached hydrogen (secondary N) is 1. The summed E-state index contributed by atoms with van der Waals surface area (Å²) in [5, 5.41) is 3.54. The zero-order valence-corrected chi connectivity index (χ0v) is 18.7. The van der Waals surface area contributed by atoms with Gasteiger partial charge in [0.05, 0.1) is 18.4 Å². The predicted octanol–water partition coefficient (Wildman–Crippen LogP) is 3.80. The van der Waals surface area contributed by atoms with Crippen LogP contribution >= 0.6 is 23.4 Å². The van der Waals surface area contributed by atoms with Gasteiger partial charge in [0.25, 0.3) is 11.8 Å². The summed E-state index contributed by atoms with van der Waals surface area (Å²) in [5.74, 6) is -0.0368. The van der Waals surface area contributed by atoms with Gasteiger partial charge < -0.3 is 15.0 Å². The van der Waals surface area contributed by atoms with Crippen molar-refractivity contribution in [3.8, 4) is 5.75 Å². The van der Waals surface area contributed by atoms with Gasteiger partial charge in [0.15, 0.2) is 0 Å². The Bertz CT molecular complexity index is 1030. The molecule has 0 saturated carbocycles. The largest absolute Gasteiger partial charge is 0.496 e. The molecule has 4 rings (SSSR count). The quantitative estimate of drug-likeness (QED) is 0.543. The molecular weight excluding hydrogens is 438 g/mol. The van der Waals surface area contributed by atoms with Crippen LogP contribution < -0.4 is 15.0 Å². The van der Waals surface area contributed by atoms with Crippen molar-refractivity contribution in [2.45, 2.75) is 29.8 Å². The average molecular weight is 460 g/mol. The summed E-state index contributed by atoms with van der Waals surface area (Å²) in [6.45, 7) is 0.396. The third kappa shape index (κ3) is 4.09. The second-order valence-corrected chi connectivity index (χ2v) is 8.72. The van der Waals surface area contributed by atoms with E-state index in [1.165, 1.54) is 12.0 Å². The minimum absolute atomic E-state index is 0.222. The molecule has 0 radical (unpaired) electrons. The molecule has 1 N–H and O–H groups in total. The maximum Gasteiger partial charge on any atom is 0.332 e. The van der Waals surface area contributed by atoms with Gasteiger partial charge in [-0.3, -0.25) is 9.59 Å². The number of fused-ring (bicyclic) bond motifs is 1. The molecule has 0 aliphatic carbocycles. The molecule has 9 heteroatoms. The van der Waals surface area contributed by atoms with E-state index in [0.717, 1.165) is 4.90 Å². The number of imide groups is 1. The Balaban J connectivity index is 1.47. The Hall–Kier alpha value is -2.71. The van der Waals surface area contributed by atoms with E-state index >= 15 is 0 Å². The van der Waals surface area contributed by atoms with Crippen molar-refractivity contribution in [2.75, 3.05) is 24.8 Å². The van der Waals surface area contributed by atoms with Gasteiger partial charge in [0.1, 0.15) is 11.8 Å². The second-order valence-electron chi connectivity index (χ2n) is 7.40. The Labute approximate surface area is 189 Å². The number of piperidine rings is 1. The standard InChI is InChI=1S/C22H22ClN3O4S/c1-30-19-12-16(31-2)7-8-17(19)20(27)24-14-9-10-25-18(11-14)21(28)26(22(25)29)15-5-3-13(23)4-6-15/h3-8,12,14,18H,9-11H2,1-2H3,(H,24,27). The summed E-state index contributed by atoms with van der Waals surface area (Å²) in [6, 6.07) is 10.9. The van der Waals surface area contributed by atoms with E-state index < -0.39 is 6.04 Å². The molecule has 7 nitrogen and oxygen atoms in total. The van der Waals surface area contributed by atoms with E-state index in [9.17, 15) is 14.4 Å². The van der Waals surface area contributed by atoms with Crippen LogP contribution in [0, 0.1) is 0 Å². The Morgan fingerprint density at radius 1 is 1.19 bits per heavy atom. The number of carbonyl (C=O) groups excluding carboxylic acids is 3. The normalized spacial score (nSPS) is 20.6. The number of rotatable bonds is 5. The van der Waals surface area contributed by atoms with E-state index in [2.05, 4.69) is 5.32 Å². The number of ether oxygens (including phenoxy) is 1. The first-order valence-electron chi connectivity index (χ1n) is 9.86. The molecule has 0 aromatic heterocycles. The third-order valence-electron chi connectivity index (χ3n) is 5.62. The number of benzene rings is 2. The molecule has 2 aromatic carbocycles. The molecule has 0 bridgehead atoms. The van der Waals surface area contributed by atoms with Crippen molar-refractivity contribution < 1.29 is 19.1 Å². The first kappa shape index (κ1) is 21.5. The molecule has 2 unspecified atom stereocenters. The minimum atomic E-state index is -0.594. The van der Waals surface area contributed by atoms with Crippen LogP contribution in [0.4, 0.5) is 10.5 Å². The van der Waals surface area contributed by atoms with Gasteiger partial charge in [-0.2, -0.15) is 0 Å². The number of amides is 4. The summed E-state index contributed by atoms with van der Waals surface area (Å²) in [4.78, 5) is 42.5. The van der Waals surface area contributed by atoms with Crippen LogP contribution in [0.1, 0.15) is 23.2 Å². The van der Waals surface area contributed by atoms with Crippen molar-refractivity contribution in [1.29, 1.82) is 0 Å². The Morgan fingerprint density at radius 3 is 2.61 bits per heavy atom. The van der Waals surface area contributed by atoms with Gasteiger partial charge in [0.2, 0.25) is 0 Å². The van der Waals surface area contributed by atoms with Crippen LogP contribution in [0.15, 0.2) is 47.4 Å². The number of hydrogen-bond donors (Lipinski definition) is 1. The summed E-state index contributed by atoms with van der Waals surface area (Å²) in [5.41, 5.74) is 0.937. The van der Waals surface area contributed by atoms with Crippen LogP contribution in [0.5, 0.6) is 5.75 Å². The molecule has 162 valence electrons. The zero-order valence-electron chi connectivity index (χ0n) is 17.1. The van der Waals surface area contributed by atoms with Crippen LogP contribution in [0.25, 0.3) is 0 Å². The number of hydrogen-bond acceptors (Lipinski definition) is 5. The van der Waals surface area contributed by atoms with Gasteiger partial charge in [-0.15, -0.1) is 11.8 Å². The molecule has 2 atom stereocenters. The molecule has 2 aromatic rings. The SMILES string of the molecule is COc1cc(SC)ccc1C(=O)NC1CCN2C(=O)N(c3ccc(Cl)cc3)C(=O)C2C1. The van der Waals surface area contributed by atoms with Crippen LogP contribution in [0.2, 0.25) is 5.02 Å². The molecule has 2 saturated heterocycles. The highest BCUT2D eigenvalue weighted by atomic mass is 35.5. The summed E-state index contributed by atoms with van der Waals surface area (Å²) in [7, 11) is 1.53. The second kappa shape index (κ2) is 8.80. The van der Waals surface area contributed by atoms with Crippen LogP contribution in [-0.2, 0) is 4.79 Å². The van der Waals surface area contributed by atoms with Gasteiger partial charge in [0, 0.05) is 22.5 Å². The summed E-state index contributed by atoms with van der Waals surface area (Å²) in [6.07, 6.45) is 2.89. The van der Waals surface area contributed by atoms with E-state index in [1.54, 1.807) is 47.0 Å². The zero-order chi connectivity index (χ0) is 22.1. The fourth-order valence-corrected chi connectivity index (χ4v) is 4.56. The molecule has 4 amide bonds. The Kier molecular flexibility index (Phi) is 6.11. The number of urea groups is 1. The lowest BCUT2D eigenvalue weighted by atomic mass is 9.97. The topological polar surface area (TPSA) is 79.0 Å². The lowest BCUT2D eigenvalue weighted by molar-refractivity contribution is -0.120. The number of anilines is 1. The number of halogens is 1. The number of thioether (sulfide) groups is 1. The van der Waals surface area contributed by atoms with Crippen molar-refractivity contribution in [3.63, 3.8) is 0 Å². The monoisotopic (exact) mass is 459 g/mol. The highest BCUT2D eigenvalue weighted by Gasteiger charge is 2.48. The molecule has 31 heavy (non-hydrogen) atoms. The summed E-state index contributed by atoms with van der Waals surface area (Å²) < 4.78 is 5.37. The van der Waals surface area contributed by atoms with Gasteiger partial charge >= 0.3 is 6.03 Å². The molecule has 2 aliphatic rings. The fraction of sp³-hybridized carbons (Fsp3) is 0.318. The molecular formula is C22H22ClN3O4S. The van der Waals surface area contributed by atoms with Gasteiger partial charge in [-0.1, -0.05) is 11.6 Å². The number of methoxy groups -OCH3 is 1. The van der Waals surface area contributed by atoms with Gasteiger partial charge in [-0.05, 0) is 61.6 Å². The first-order valence-corrected chi connectivity index (χ1v) is 11.5. The van der Waals surface area contributed by atoms with Crippen LogP contribution in [0.3, 0.4) is 0 Å².